The van der Waals surface area contributed by atoms with E-state index in [1.165, 1.54) is 4.68 Å². The summed E-state index contributed by atoms with van der Waals surface area (Å²) in [6.07, 6.45) is 1.61. The van der Waals surface area contributed by atoms with Crippen molar-refractivity contribution in [1.82, 2.24) is 14.6 Å². The molecule has 0 fully saturated rings. The highest BCUT2D eigenvalue weighted by atomic mass is 16.5. The Morgan fingerprint density at radius 2 is 1.72 bits per heavy atom. The van der Waals surface area contributed by atoms with Crippen molar-refractivity contribution in [2.45, 2.75) is 6.92 Å². The van der Waals surface area contributed by atoms with E-state index in [0.717, 1.165) is 11.1 Å². The molecule has 0 bridgehead atoms. The second-order valence-electron chi connectivity index (χ2n) is 8.14. The number of nitrogens with zero attached hydrogens (tertiary/aromatic N) is 4. The Hall–Kier alpha value is -4.92. The van der Waals surface area contributed by atoms with Crippen LogP contribution in [0.3, 0.4) is 0 Å². The van der Waals surface area contributed by atoms with Gasteiger partial charge in [-0.15, -0.1) is 0 Å². The van der Waals surface area contributed by atoms with Gasteiger partial charge in [-0.05, 0) is 60.5 Å². The molecule has 5 aromatic rings. The first-order chi connectivity index (χ1) is 17.5. The molecule has 1 amide bonds. The zero-order valence-corrected chi connectivity index (χ0v) is 20.0. The van der Waals surface area contributed by atoms with Gasteiger partial charge >= 0.3 is 0 Å². The van der Waals surface area contributed by atoms with Gasteiger partial charge in [-0.25, -0.2) is 9.97 Å². The van der Waals surface area contributed by atoms with E-state index >= 15 is 0 Å². The zero-order valence-electron chi connectivity index (χ0n) is 20.0. The second kappa shape index (κ2) is 9.38. The number of amides is 1. The van der Waals surface area contributed by atoms with Crippen LogP contribution in [0.4, 0.5) is 11.5 Å². The predicted molar refractivity (Wildman–Crippen MR) is 141 cm³/mol. The summed E-state index contributed by atoms with van der Waals surface area (Å²) in [5.41, 5.74) is 11.2. The lowest BCUT2D eigenvalue weighted by Gasteiger charge is -2.07. The topological polar surface area (TPSA) is 117 Å². The number of benzene rings is 3. The molecule has 9 nitrogen and oxygen atoms in total. The number of methoxy groups -OCH3 is 2. The highest BCUT2D eigenvalue weighted by Crippen LogP contribution is 2.30. The molecule has 0 spiro atoms. The summed E-state index contributed by atoms with van der Waals surface area (Å²) in [4.78, 5) is 22.8. The molecule has 2 aromatic heterocycles. The smallest absolute Gasteiger partial charge is 0.261 e. The molecule has 2 heterocycles. The van der Waals surface area contributed by atoms with E-state index in [1.807, 2.05) is 61.5 Å². The molecule has 36 heavy (non-hydrogen) atoms. The number of carbonyl (C=O) groups excluding carboxylic acids is 1. The molecule has 0 atom stereocenters. The van der Waals surface area contributed by atoms with Crippen LogP contribution < -0.4 is 20.5 Å². The Morgan fingerprint density at radius 1 is 0.972 bits per heavy atom. The number of aromatic nitrogens is 3. The molecule has 3 N–H and O–H groups in total. The molecular weight excluding hydrogens is 456 g/mol. The van der Waals surface area contributed by atoms with Gasteiger partial charge in [0.25, 0.3) is 5.91 Å². The number of hydrogen-bond donors (Lipinski definition) is 2. The molecular formula is C27H24N6O3. The summed E-state index contributed by atoms with van der Waals surface area (Å²) < 4.78 is 12.1. The number of hydrogen-bond acceptors (Lipinski definition) is 7. The van der Waals surface area contributed by atoms with Crippen LogP contribution in [0, 0.1) is 6.92 Å². The van der Waals surface area contributed by atoms with Gasteiger partial charge in [-0.1, -0.05) is 24.3 Å². The molecule has 0 saturated carbocycles. The summed E-state index contributed by atoms with van der Waals surface area (Å²) in [6.45, 7) is 1.95. The molecule has 0 saturated heterocycles. The number of aryl methyl sites for hydroxylation is 1. The maximum Gasteiger partial charge on any atom is 0.261 e. The monoisotopic (exact) mass is 480 g/mol. The molecule has 3 aromatic carbocycles. The first-order valence-corrected chi connectivity index (χ1v) is 11.2. The fraction of sp³-hybridized carbons (Fsp3) is 0.111. The van der Waals surface area contributed by atoms with Gasteiger partial charge in [0.15, 0.2) is 17.1 Å². The van der Waals surface area contributed by atoms with Gasteiger partial charge < -0.3 is 20.5 Å². The molecule has 0 aliphatic carbocycles. The fourth-order valence-electron chi connectivity index (χ4n) is 3.96. The summed E-state index contributed by atoms with van der Waals surface area (Å²) in [6, 6.07) is 20.4. The van der Waals surface area contributed by atoms with Crippen molar-refractivity contribution < 1.29 is 14.3 Å². The highest BCUT2D eigenvalue weighted by Gasteiger charge is 2.24. The zero-order chi connectivity index (χ0) is 25.2. The number of nitrogens with one attached hydrogen (secondary N) is 1. The van der Waals surface area contributed by atoms with Crippen molar-refractivity contribution >= 4 is 45.8 Å². The quantitative estimate of drug-likeness (QED) is 0.342. The normalized spacial score (nSPS) is 11.3. The molecule has 5 rings (SSSR count). The minimum Gasteiger partial charge on any atom is -0.493 e. The maximum atomic E-state index is 13.4. The van der Waals surface area contributed by atoms with Gasteiger partial charge in [0, 0.05) is 5.69 Å². The van der Waals surface area contributed by atoms with Crippen molar-refractivity contribution in [1.29, 1.82) is 0 Å². The van der Waals surface area contributed by atoms with Crippen molar-refractivity contribution in [2.75, 3.05) is 25.3 Å². The lowest BCUT2D eigenvalue weighted by atomic mass is 10.2. The highest BCUT2D eigenvalue weighted by molar-refractivity contribution is 6.16. The van der Waals surface area contributed by atoms with Crippen molar-refractivity contribution in [3.63, 3.8) is 0 Å². The second-order valence-corrected chi connectivity index (χ2v) is 8.14. The Bertz CT molecular complexity index is 1640. The molecule has 0 unspecified atom stereocenters. The van der Waals surface area contributed by atoms with Crippen LogP contribution in [0.15, 0.2) is 71.8 Å². The number of nitrogen functional groups attached to an aromatic ring is 1. The predicted octanol–water partition coefficient (Wildman–Crippen LogP) is 4.63. The average Bonchev–Trinajstić information content (AvgIpc) is 3.15. The number of carbonyl (C=O) groups is 1. The summed E-state index contributed by atoms with van der Waals surface area (Å²) >= 11 is 0. The third-order valence-electron chi connectivity index (χ3n) is 5.71. The standard InChI is InChI=1S/C27H24N6O3/c1-16-7-6-8-18(13-16)30-27(34)23-24-26(32-20-10-5-4-9-19(20)31-24)33(25(23)28)29-15-17-11-12-21(35-2)22(14-17)36-3/h4-15H,28H2,1-3H3,(H,30,34)/b29-15-. The van der Waals surface area contributed by atoms with Gasteiger partial charge in [0.05, 0.1) is 31.5 Å². The minimum atomic E-state index is -0.396. The molecule has 180 valence electrons. The van der Waals surface area contributed by atoms with E-state index in [1.54, 1.807) is 32.6 Å². The number of anilines is 2. The van der Waals surface area contributed by atoms with E-state index in [-0.39, 0.29) is 11.4 Å². The van der Waals surface area contributed by atoms with Crippen LogP contribution in [0.1, 0.15) is 21.5 Å². The number of ether oxygens (including phenoxy) is 2. The van der Waals surface area contributed by atoms with Crippen molar-refractivity contribution in [3.8, 4) is 11.5 Å². The lowest BCUT2D eigenvalue weighted by Crippen LogP contribution is -2.14. The summed E-state index contributed by atoms with van der Waals surface area (Å²) in [5.74, 6) is 0.902. The Labute approximate surface area is 207 Å². The largest absolute Gasteiger partial charge is 0.493 e. The summed E-state index contributed by atoms with van der Waals surface area (Å²) in [7, 11) is 3.14. The van der Waals surface area contributed by atoms with Crippen LogP contribution in [0.5, 0.6) is 11.5 Å². The average molecular weight is 481 g/mol. The minimum absolute atomic E-state index is 0.127. The van der Waals surface area contributed by atoms with Crippen LogP contribution in [-0.4, -0.2) is 41.0 Å². The SMILES string of the molecule is COc1ccc(/C=N\n2c(N)c(C(=O)Nc3cccc(C)c3)c3nc4ccccc4nc32)cc1OC. The number of rotatable bonds is 6. The lowest BCUT2D eigenvalue weighted by molar-refractivity contribution is 0.102. The number of nitrogens with two attached hydrogens (primary N) is 1. The molecule has 0 aliphatic heterocycles. The van der Waals surface area contributed by atoms with Crippen molar-refractivity contribution in [2.24, 2.45) is 5.10 Å². The van der Waals surface area contributed by atoms with E-state index < -0.39 is 5.91 Å². The third kappa shape index (κ3) is 4.18. The van der Waals surface area contributed by atoms with Gasteiger partial charge in [0.1, 0.15) is 16.9 Å². The Kier molecular flexibility index (Phi) is 5.95. The summed E-state index contributed by atoms with van der Waals surface area (Å²) in [5, 5.41) is 7.47. The fourth-order valence-corrected chi connectivity index (χ4v) is 3.96. The van der Waals surface area contributed by atoms with Crippen LogP contribution in [0.25, 0.3) is 22.2 Å². The van der Waals surface area contributed by atoms with Crippen LogP contribution >= 0.6 is 0 Å². The Morgan fingerprint density at radius 3 is 2.44 bits per heavy atom. The van der Waals surface area contributed by atoms with Gasteiger partial charge in [0.2, 0.25) is 0 Å². The van der Waals surface area contributed by atoms with E-state index in [9.17, 15) is 4.79 Å². The molecule has 0 aliphatic rings. The van der Waals surface area contributed by atoms with Gasteiger partial charge in [-0.2, -0.15) is 9.78 Å². The maximum absolute atomic E-state index is 13.4. The first-order valence-electron chi connectivity index (χ1n) is 11.2. The first kappa shape index (κ1) is 22.9. The molecule has 9 heteroatoms. The Balaban J connectivity index is 1.64. The third-order valence-corrected chi connectivity index (χ3v) is 5.71. The number of fused-ring (bicyclic) bond motifs is 2. The van der Waals surface area contributed by atoms with Crippen LogP contribution in [0.2, 0.25) is 0 Å². The van der Waals surface area contributed by atoms with E-state index in [4.69, 9.17) is 25.2 Å². The van der Waals surface area contributed by atoms with E-state index in [0.29, 0.717) is 39.4 Å². The van der Waals surface area contributed by atoms with E-state index in [2.05, 4.69) is 10.4 Å². The van der Waals surface area contributed by atoms with Crippen molar-refractivity contribution in [3.05, 3.63) is 83.4 Å². The van der Waals surface area contributed by atoms with Crippen LogP contribution in [-0.2, 0) is 0 Å². The van der Waals surface area contributed by atoms with Gasteiger partial charge in [-0.3, -0.25) is 4.79 Å². The molecule has 0 radical (unpaired) electrons. The number of para-hydroxylation sites is 2.